The first kappa shape index (κ1) is 15.3. The summed E-state index contributed by atoms with van der Waals surface area (Å²) in [6.45, 7) is 7.41. The molecule has 0 unspecified atom stereocenters. The van der Waals surface area contributed by atoms with Gasteiger partial charge in [-0.05, 0) is 49.4 Å². The van der Waals surface area contributed by atoms with Gasteiger partial charge < -0.3 is 10.6 Å². The molecule has 1 aromatic carbocycles. The Morgan fingerprint density at radius 2 is 1.90 bits per heavy atom. The first-order chi connectivity index (χ1) is 9.49. The van der Waals surface area contributed by atoms with E-state index in [0.717, 1.165) is 17.8 Å². The Morgan fingerprint density at radius 3 is 2.45 bits per heavy atom. The highest BCUT2D eigenvalue weighted by Gasteiger charge is 2.25. The highest BCUT2D eigenvalue weighted by Crippen LogP contribution is 2.33. The number of halogens is 1. The highest BCUT2D eigenvalue weighted by molar-refractivity contribution is 5.56. The number of hydrogen-bond acceptors (Lipinski definition) is 2. The highest BCUT2D eigenvalue weighted by atomic mass is 19.1. The molecule has 0 radical (unpaired) electrons. The molecule has 1 fully saturated rings. The van der Waals surface area contributed by atoms with Gasteiger partial charge >= 0.3 is 0 Å². The number of anilines is 1. The fourth-order valence-electron chi connectivity index (χ4n) is 3.21. The Hall–Kier alpha value is -1.09. The Bertz CT molecular complexity index is 437. The molecule has 3 heteroatoms. The summed E-state index contributed by atoms with van der Waals surface area (Å²) in [6, 6.07) is 5.51. The molecule has 20 heavy (non-hydrogen) atoms. The summed E-state index contributed by atoms with van der Waals surface area (Å²) in [4.78, 5) is 2.47. The molecule has 2 nitrogen and oxygen atoms in total. The maximum atomic E-state index is 13.5. The number of rotatable bonds is 5. The lowest BCUT2D eigenvalue weighted by atomic mass is 10.0. The van der Waals surface area contributed by atoms with Crippen LogP contribution in [0.2, 0.25) is 0 Å². The minimum atomic E-state index is -0.197. The van der Waals surface area contributed by atoms with E-state index in [2.05, 4.69) is 18.7 Å². The Balaban J connectivity index is 2.36. The summed E-state index contributed by atoms with van der Waals surface area (Å²) in [7, 11) is 0. The first-order valence-electron chi connectivity index (χ1n) is 7.80. The zero-order chi connectivity index (χ0) is 14.7. The maximum absolute atomic E-state index is 13.5. The molecule has 1 aromatic rings. The number of nitrogens with zero attached hydrogens (tertiary/aromatic N) is 1. The van der Waals surface area contributed by atoms with Crippen LogP contribution in [0.4, 0.5) is 10.1 Å². The molecule has 1 atom stereocenters. The van der Waals surface area contributed by atoms with E-state index in [4.69, 9.17) is 5.73 Å². The van der Waals surface area contributed by atoms with E-state index in [1.807, 2.05) is 13.0 Å². The third-order valence-corrected chi connectivity index (χ3v) is 4.12. The van der Waals surface area contributed by atoms with Gasteiger partial charge in [0.15, 0.2) is 0 Å². The van der Waals surface area contributed by atoms with Crippen LogP contribution < -0.4 is 10.6 Å². The van der Waals surface area contributed by atoms with Gasteiger partial charge in [0.25, 0.3) is 0 Å². The second kappa shape index (κ2) is 6.57. The summed E-state index contributed by atoms with van der Waals surface area (Å²) < 4.78 is 13.5. The molecule has 2 rings (SSSR count). The van der Waals surface area contributed by atoms with Gasteiger partial charge in [-0.3, -0.25) is 0 Å². The second-order valence-corrected chi connectivity index (χ2v) is 6.48. The molecule has 0 saturated heterocycles. The van der Waals surface area contributed by atoms with Gasteiger partial charge in [0, 0.05) is 24.3 Å². The average Bonchev–Trinajstić information content (AvgIpc) is 2.89. The molecule has 112 valence electrons. The number of benzene rings is 1. The van der Waals surface area contributed by atoms with Gasteiger partial charge in [-0.15, -0.1) is 0 Å². The van der Waals surface area contributed by atoms with E-state index >= 15 is 0 Å². The van der Waals surface area contributed by atoms with Gasteiger partial charge in [-0.1, -0.05) is 26.7 Å². The van der Waals surface area contributed by atoms with E-state index in [1.165, 1.54) is 25.7 Å². The van der Waals surface area contributed by atoms with Gasteiger partial charge in [-0.2, -0.15) is 0 Å². The van der Waals surface area contributed by atoms with Crippen molar-refractivity contribution in [1.82, 2.24) is 0 Å². The molecule has 0 bridgehead atoms. The molecular weight excluding hydrogens is 251 g/mol. The Labute approximate surface area is 122 Å². The van der Waals surface area contributed by atoms with Gasteiger partial charge in [0.2, 0.25) is 0 Å². The first-order valence-corrected chi connectivity index (χ1v) is 7.80. The van der Waals surface area contributed by atoms with Crippen LogP contribution in [0.15, 0.2) is 18.2 Å². The van der Waals surface area contributed by atoms with Crippen molar-refractivity contribution in [3.05, 3.63) is 29.6 Å². The van der Waals surface area contributed by atoms with Crippen LogP contribution in [0.1, 0.15) is 58.1 Å². The normalized spacial score (nSPS) is 17.7. The van der Waals surface area contributed by atoms with Crippen LogP contribution in [0, 0.1) is 11.7 Å². The molecular formula is C17H27FN2. The molecule has 1 aliphatic carbocycles. The zero-order valence-electron chi connectivity index (χ0n) is 12.9. The minimum absolute atomic E-state index is 0.142. The molecule has 0 heterocycles. The Kier molecular flexibility index (Phi) is 5.03. The topological polar surface area (TPSA) is 29.3 Å². The maximum Gasteiger partial charge on any atom is 0.123 e. The van der Waals surface area contributed by atoms with Crippen LogP contribution in [0.3, 0.4) is 0 Å². The van der Waals surface area contributed by atoms with E-state index in [1.54, 1.807) is 12.1 Å². The van der Waals surface area contributed by atoms with Crippen molar-refractivity contribution in [2.75, 3.05) is 11.4 Å². The van der Waals surface area contributed by atoms with Crippen molar-refractivity contribution in [2.45, 2.75) is 58.5 Å². The van der Waals surface area contributed by atoms with Crippen LogP contribution in [-0.2, 0) is 0 Å². The van der Waals surface area contributed by atoms with Crippen molar-refractivity contribution in [1.29, 1.82) is 0 Å². The third kappa shape index (κ3) is 3.51. The van der Waals surface area contributed by atoms with Crippen LogP contribution in [0.25, 0.3) is 0 Å². The molecule has 0 aliphatic heterocycles. The van der Waals surface area contributed by atoms with Crippen LogP contribution in [-0.4, -0.2) is 12.6 Å². The predicted molar refractivity (Wildman–Crippen MR) is 83.4 cm³/mol. The van der Waals surface area contributed by atoms with E-state index in [-0.39, 0.29) is 11.9 Å². The smallest absolute Gasteiger partial charge is 0.123 e. The van der Waals surface area contributed by atoms with Crippen molar-refractivity contribution in [3.63, 3.8) is 0 Å². The quantitative estimate of drug-likeness (QED) is 0.872. The molecule has 1 aliphatic rings. The Morgan fingerprint density at radius 1 is 1.25 bits per heavy atom. The third-order valence-electron chi connectivity index (χ3n) is 4.12. The largest absolute Gasteiger partial charge is 0.368 e. The lowest BCUT2D eigenvalue weighted by Gasteiger charge is -2.35. The zero-order valence-corrected chi connectivity index (χ0v) is 12.9. The number of hydrogen-bond donors (Lipinski definition) is 1. The standard InChI is InChI=1S/C17H27FN2/c1-12(2)11-20(15-6-4-5-7-15)17-9-8-14(18)10-16(17)13(3)19/h8-10,12-13,15H,4-7,11,19H2,1-3H3/t13-/m1/s1. The summed E-state index contributed by atoms with van der Waals surface area (Å²) in [5.74, 6) is 0.388. The second-order valence-electron chi connectivity index (χ2n) is 6.48. The van der Waals surface area contributed by atoms with E-state index < -0.39 is 0 Å². The lowest BCUT2D eigenvalue weighted by molar-refractivity contribution is 0.531. The molecule has 0 spiro atoms. The van der Waals surface area contributed by atoms with Crippen molar-refractivity contribution >= 4 is 5.69 Å². The summed E-state index contributed by atoms with van der Waals surface area (Å²) >= 11 is 0. The van der Waals surface area contributed by atoms with Crippen molar-refractivity contribution in [2.24, 2.45) is 11.7 Å². The fourth-order valence-corrected chi connectivity index (χ4v) is 3.21. The molecule has 0 aromatic heterocycles. The predicted octanol–water partition coefficient (Wildman–Crippen LogP) is 4.25. The van der Waals surface area contributed by atoms with Crippen LogP contribution >= 0.6 is 0 Å². The van der Waals surface area contributed by atoms with Gasteiger partial charge in [0.1, 0.15) is 5.82 Å². The summed E-state index contributed by atoms with van der Waals surface area (Å²) in [6.07, 6.45) is 5.08. The number of nitrogens with two attached hydrogens (primary N) is 1. The van der Waals surface area contributed by atoms with Gasteiger partial charge in [0.05, 0.1) is 0 Å². The van der Waals surface area contributed by atoms with E-state index in [0.29, 0.717) is 12.0 Å². The van der Waals surface area contributed by atoms with Gasteiger partial charge in [-0.25, -0.2) is 4.39 Å². The van der Waals surface area contributed by atoms with Crippen LogP contribution in [0.5, 0.6) is 0 Å². The van der Waals surface area contributed by atoms with E-state index in [9.17, 15) is 4.39 Å². The summed E-state index contributed by atoms with van der Waals surface area (Å²) in [5, 5.41) is 0. The SMILES string of the molecule is CC(C)CN(c1ccc(F)cc1[C@@H](C)N)C1CCCC1. The molecule has 1 saturated carbocycles. The average molecular weight is 278 g/mol. The van der Waals surface area contributed by atoms with Crippen molar-refractivity contribution in [3.8, 4) is 0 Å². The monoisotopic (exact) mass is 278 g/mol. The lowest BCUT2D eigenvalue weighted by Crippen LogP contribution is -2.37. The minimum Gasteiger partial charge on any atom is -0.368 e. The molecule has 0 amide bonds. The fraction of sp³-hybridized carbons (Fsp3) is 0.647. The summed E-state index contributed by atoms with van der Waals surface area (Å²) in [5.41, 5.74) is 8.11. The van der Waals surface area contributed by atoms with Crippen molar-refractivity contribution < 1.29 is 4.39 Å². The molecule has 2 N–H and O–H groups in total.